The number of hydrogen-bond donors (Lipinski definition) is 0. The van der Waals surface area contributed by atoms with Crippen LogP contribution in [0, 0.1) is 11.6 Å². The van der Waals surface area contributed by atoms with Gasteiger partial charge in [0, 0.05) is 32.3 Å². The fourth-order valence-corrected chi connectivity index (χ4v) is 3.20. The van der Waals surface area contributed by atoms with E-state index in [1.807, 2.05) is 24.3 Å². The number of carbonyl (C=O) groups is 2. The molecule has 1 heterocycles. The molecule has 1 fully saturated rings. The Kier molecular flexibility index (Phi) is 6.43. The standard InChI is InChI=1S/C21H22F2N2O4/c1-28-16-6-3-14(4-7-16)10-24-11-17(29-2)12-25(13-20(24)26)21(27)15-5-8-18(22)19(23)9-15/h3-9,17H,10-13H2,1-2H3. The van der Waals surface area contributed by atoms with Crippen molar-refractivity contribution in [2.24, 2.45) is 0 Å². The molecule has 8 heteroatoms. The van der Waals surface area contributed by atoms with Gasteiger partial charge in [-0.05, 0) is 35.9 Å². The van der Waals surface area contributed by atoms with Crippen molar-refractivity contribution >= 4 is 11.8 Å². The summed E-state index contributed by atoms with van der Waals surface area (Å²) in [6.07, 6.45) is -0.408. The molecule has 2 aromatic carbocycles. The normalized spacial score (nSPS) is 17.2. The minimum absolute atomic E-state index is 0.0184. The predicted molar refractivity (Wildman–Crippen MR) is 101 cm³/mol. The Bertz CT molecular complexity index is 889. The number of hydrogen-bond acceptors (Lipinski definition) is 4. The highest BCUT2D eigenvalue weighted by molar-refractivity contribution is 5.96. The largest absolute Gasteiger partial charge is 0.497 e. The molecule has 1 aliphatic rings. The van der Waals surface area contributed by atoms with Crippen molar-refractivity contribution in [3.63, 3.8) is 0 Å². The first-order valence-corrected chi connectivity index (χ1v) is 9.09. The van der Waals surface area contributed by atoms with Gasteiger partial charge in [0.15, 0.2) is 11.6 Å². The molecule has 0 aromatic heterocycles. The summed E-state index contributed by atoms with van der Waals surface area (Å²) in [5.41, 5.74) is 0.893. The smallest absolute Gasteiger partial charge is 0.254 e. The summed E-state index contributed by atoms with van der Waals surface area (Å²) >= 11 is 0. The number of amides is 2. The van der Waals surface area contributed by atoms with Crippen molar-refractivity contribution in [1.82, 2.24) is 9.80 Å². The van der Waals surface area contributed by atoms with Crippen molar-refractivity contribution in [2.75, 3.05) is 33.9 Å². The molecular formula is C21H22F2N2O4. The van der Waals surface area contributed by atoms with Gasteiger partial charge in [0.2, 0.25) is 5.91 Å². The third-order valence-corrected chi connectivity index (χ3v) is 4.85. The molecule has 1 unspecified atom stereocenters. The maximum absolute atomic E-state index is 13.5. The van der Waals surface area contributed by atoms with Gasteiger partial charge in [-0.2, -0.15) is 0 Å². The van der Waals surface area contributed by atoms with Gasteiger partial charge in [-0.15, -0.1) is 0 Å². The molecule has 0 saturated carbocycles. The fraction of sp³-hybridized carbons (Fsp3) is 0.333. The lowest BCUT2D eigenvalue weighted by atomic mass is 10.1. The van der Waals surface area contributed by atoms with E-state index in [1.54, 1.807) is 12.0 Å². The van der Waals surface area contributed by atoms with Crippen LogP contribution in [-0.2, 0) is 16.1 Å². The second-order valence-electron chi connectivity index (χ2n) is 6.79. The summed E-state index contributed by atoms with van der Waals surface area (Å²) in [7, 11) is 3.08. The summed E-state index contributed by atoms with van der Waals surface area (Å²) in [5, 5.41) is 0. The average Bonchev–Trinajstić information content (AvgIpc) is 2.89. The summed E-state index contributed by atoms with van der Waals surface area (Å²) < 4.78 is 37.3. The Balaban J connectivity index is 1.76. The Morgan fingerprint density at radius 2 is 1.79 bits per heavy atom. The summed E-state index contributed by atoms with van der Waals surface area (Å²) in [4.78, 5) is 28.5. The van der Waals surface area contributed by atoms with Crippen molar-refractivity contribution in [3.05, 3.63) is 65.2 Å². The Labute approximate surface area is 167 Å². The highest BCUT2D eigenvalue weighted by Crippen LogP contribution is 2.18. The van der Waals surface area contributed by atoms with Crippen LogP contribution in [0.2, 0.25) is 0 Å². The second kappa shape index (κ2) is 9.00. The third-order valence-electron chi connectivity index (χ3n) is 4.85. The lowest BCUT2D eigenvalue weighted by molar-refractivity contribution is -0.132. The van der Waals surface area contributed by atoms with E-state index in [4.69, 9.17) is 9.47 Å². The van der Waals surface area contributed by atoms with Gasteiger partial charge >= 0.3 is 0 Å². The molecule has 0 radical (unpaired) electrons. The van der Waals surface area contributed by atoms with Crippen LogP contribution in [0.25, 0.3) is 0 Å². The fourth-order valence-electron chi connectivity index (χ4n) is 3.20. The highest BCUT2D eigenvalue weighted by Gasteiger charge is 2.31. The van der Waals surface area contributed by atoms with Gasteiger partial charge < -0.3 is 19.3 Å². The van der Waals surface area contributed by atoms with E-state index in [1.165, 1.54) is 18.1 Å². The molecule has 2 aromatic rings. The number of benzene rings is 2. The van der Waals surface area contributed by atoms with Crippen LogP contribution in [0.1, 0.15) is 15.9 Å². The van der Waals surface area contributed by atoms with E-state index < -0.39 is 23.6 Å². The van der Waals surface area contributed by atoms with E-state index in [-0.39, 0.29) is 24.6 Å². The number of nitrogens with zero attached hydrogens (tertiary/aromatic N) is 2. The van der Waals surface area contributed by atoms with E-state index in [0.717, 1.165) is 17.7 Å². The first-order chi connectivity index (χ1) is 13.9. The zero-order chi connectivity index (χ0) is 21.0. The van der Waals surface area contributed by atoms with Crippen LogP contribution in [0.3, 0.4) is 0 Å². The molecule has 29 heavy (non-hydrogen) atoms. The monoisotopic (exact) mass is 404 g/mol. The van der Waals surface area contributed by atoms with Crippen LogP contribution in [0.4, 0.5) is 8.78 Å². The zero-order valence-electron chi connectivity index (χ0n) is 16.2. The Morgan fingerprint density at radius 1 is 1.07 bits per heavy atom. The Morgan fingerprint density at radius 3 is 2.41 bits per heavy atom. The van der Waals surface area contributed by atoms with Gasteiger partial charge in [0.05, 0.1) is 13.2 Å². The molecular weight excluding hydrogens is 382 g/mol. The van der Waals surface area contributed by atoms with Gasteiger partial charge in [0.25, 0.3) is 5.91 Å². The third kappa shape index (κ3) is 4.89. The first kappa shape index (κ1) is 20.7. The van der Waals surface area contributed by atoms with Crippen molar-refractivity contribution < 1.29 is 27.8 Å². The lowest BCUT2D eigenvalue weighted by Crippen LogP contribution is -2.39. The number of ether oxygens (including phenoxy) is 2. The summed E-state index contributed by atoms with van der Waals surface area (Å²) in [5.74, 6) is -2.23. The molecule has 0 bridgehead atoms. The molecule has 6 nitrogen and oxygen atoms in total. The molecule has 1 saturated heterocycles. The molecule has 3 rings (SSSR count). The Hall–Kier alpha value is -3.00. The van der Waals surface area contributed by atoms with Crippen LogP contribution < -0.4 is 4.74 Å². The number of carbonyl (C=O) groups excluding carboxylic acids is 2. The quantitative estimate of drug-likeness (QED) is 0.768. The molecule has 0 spiro atoms. The second-order valence-corrected chi connectivity index (χ2v) is 6.79. The van der Waals surface area contributed by atoms with Crippen LogP contribution in [0.15, 0.2) is 42.5 Å². The van der Waals surface area contributed by atoms with Gasteiger partial charge in [-0.3, -0.25) is 9.59 Å². The van der Waals surface area contributed by atoms with E-state index in [9.17, 15) is 18.4 Å². The van der Waals surface area contributed by atoms with Gasteiger partial charge in [0.1, 0.15) is 12.3 Å². The van der Waals surface area contributed by atoms with Crippen LogP contribution in [0.5, 0.6) is 5.75 Å². The van der Waals surface area contributed by atoms with Crippen molar-refractivity contribution in [1.29, 1.82) is 0 Å². The number of rotatable bonds is 5. The first-order valence-electron chi connectivity index (χ1n) is 9.09. The van der Waals surface area contributed by atoms with Gasteiger partial charge in [-0.1, -0.05) is 12.1 Å². The topological polar surface area (TPSA) is 59.1 Å². The maximum atomic E-state index is 13.5. The predicted octanol–water partition coefficient (Wildman–Crippen LogP) is 2.47. The van der Waals surface area contributed by atoms with Gasteiger partial charge in [-0.25, -0.2) is 8.78 Å². The summed E-state index contributed by atoms with van der Waals surface area (Å²) in [6, 6.07) is 10.3. The summed E-state index contributed by atoms with van der Waals surface area (Å²) in [6.45, 7) is 0.659. The van der Waals surface area contributed by atoms with E-state index >= 15 is 0 Å². The molecule has 0 aliphatic carbocycles. The number of halogens is 2. The average molecular weight is 404 g/mol. The van der Waals surface area contributed by atoms with Crippen molar-refractivity contribution in [3.8, 4) is 5.75 Å². The molecule has 2 amide bonds. The number of methoxy groups -OCH3 is 2. The van der Waals surface area contributed by atoms with E-state index in [0.29, 0.717) is 18.8 Å². The SMILES string of the molecule is COc1ccc(CN2CC(OC)CN(C(=O)c3ccc(F)c(F)c3)CC2=O)cc1. The van der Waals surface area contributed by atoms with E-state index in [2.05, 4.69) is 0 Å². The van der Waals surface area contributed by atoms with Crippen molar-refractivity contribution in [2.45, 2.75) is 12.6 Å². The molecule has 1 aliphatic heterocycles. The van der Waals surface area contributed by atoms with Crippen LogP contribution >= 0.6 is 0 Å². The minimum atomic E-state index is -1.11. The highest BCUT2D eigenvalue weighted by atomic mass is 19.2. The molecule has 154 valence electrons. The molecule has 1 atom stereocenters. The van der Waals surface area contributed by atoms with Crippen LogP contribution in [-0.4, -0.2) is 61.6 Å². The maximum Gasteiger partial charge on any atom is 0.254 e. The lowest BCUT2D eigenvalue weighted by Gasteiger charge is -2.23. The zero-order valence-corrected chi connectivity index (χ0v) is 16.2. The minimum Gasteiger partial charge on any atom is -0.497 e. The molecule has 0 N–H and O–H groups in total.